The monoisotopic (exact) mass is 483 g/mol. The summed E-state index contributed by atoms with van der Waals surface area (Å²) in [5.74, 6) is 1.50. The summed E-state index contributed by atoms with van der Waals surface area (Å²) >= 11 is 0. The highest BCUT2D eigenvalue weighted by atomic mass is 127. The van der Waals surface area contributed by atoms with Crippen molar-refractivity contribution in [1.29, 1.82) is 0 Å². The van der Waals surface area contributed by atoms with Crippen molar-refractivity contribution in [2.24, 2.45) is 10.9 Å². The molecule has 1 amide bonds. The molecule has 1 aliphatic heterocycles. The molecule has 0 spiro atoms. The van der Waals surface area contributed by atoms with Gasteiger partial charge in [-0.3, -0.25) is 4.99 Å². The number of aliphatic imine (C=N–C) groups is 1. The maximum Gasteiger partial charge on any atom is 0.407 e. The SMILES string of the molecule is CCNC(=NCC1CCCN(C)C1)NCCCNC(=O)OC(C)(C)C.I. The summed E-state index contributed by atoms with van der Waals surface area (Å²) < 4.78 is 5.21. The Balaban J connectivity index is 0.00000625. The summed E-state index contributed by atoms with van der Waals surface area (Å²) in [4.78, 5) is 18.7. The molecule has 0 aromatic heterocycles. The molecule has 1 aliphatic rings. The number of rotatable bonds is 7. The van der Waals surface area contributed by atoms with Crippen LogP contribution in [0.2, 0.25) is 0 Å². The molecule has 1 heterocycles. The summed E-state index contributed by atoms with van der Waals surface area (Å²) in [5, 5.41) is 9.37. The lowest BCUT2D eigenvalue weighted by molar-refractivity contribution is 0.0527. The van der Waals surface area contributed by atoms with Gasteiger partial charge in [0, 0.05) is 32.7 Å². The van der Waals surface area contributed by atoms with Crippen LogP contribution in [0.15, 0.2) is 4.99 Å². The minimum absolute atomic E-state index is 0. The number of piperidine rings is 1. The second-order valence-electron chi connectivity index (χ2n) is 7.70. The number of nitrogens with one attached hydrogen (secondary N) is 3. The Hall–Kier alpha value is -0.770. The first-order valence-corrected chi connectivity index (χ1v) is 9.47. The van der Waals surface area contributed by atoms with Gasteiger partial charge in [0.25, 0.3) is 0 Å². The van der Waals surface area contributed by atoms with Crippen molar-refractivity contribution < 1.29 is 9.53 Å². The number of guanidine groups is 1. The second-order valence-corrected chi connectivity index (χ2v) is 7.70. The van der Waals surface area contributed by atoms with Crippen LogP contribution in [0.5, 0.6) is 0 Å². The Morgan fingerprint density at radius 2 is 1.92 bits per heavy atom. The molecule has 154 valence electrons. The molecular formula is C18H38IN5O2. The molecule has 0 bridgehead atoms. The Kier molecular flexibility index (Phi) is 13.0. The van der Waals surface area contributed by atoms with Crippen molar-refractivity contribution in [3.8, 4) is 0 Å². The average Bonchev–Trinajstić information content (AvgIpc) is 2.50. The second kappa shape index (κ2) is 13.4. The van der Waals surface area contributed by atoms with Crippen molar-refractivity contribution in [2.45, 2.75) is 52.6 Å². The van der Waals surface area contributed by atoms with E-state index in [-0.39, 0.29) is 30.1 Å². The van der Waals surface area contributed by atoms with E-state index in [1.807, 2.05) is 20.8 Å². The first-order valence-electron chi connectivity index (χ1n) is 9.47. The lowest BCUT2D eigenvalue weighted by atomic mass is 9.99. The topological polar surface area (TPSA) is 78.0 Å². The lowest BCUT2D eigenvalue weighted by Gasteiger charge is -2.28. The van der Waals surface area contributed by atoms with E-state index in [1.165, 1.54) is 19.4 Å². The summed E-state index contributed by atoms with van der Waals surface area (Å²) in [6.07, 6.45) is 2.97. The van der Waals surface area contributed by atoms with Crippen molar-refractivity contribution in [3.63, 3.8) is 0 Å². The summed E-state index contributed by atoms with van der Waals surface area (Å²) in [6.45, 7) is 13.0. The molecule has 26 heavy (non-hydrogen) atoms. The third-order valence-electron chi connectivity index (χ3n) is 3.89. The van der Waals surface area contributed by atoms with E-state index in [9.17, 15) is 4.79 Å². The van der Waals surface area contributed by atoms with Crippen molar-refractivity contribution in [1.82, 2.24) is 20.9 Å². The van der Waals surface area contributed by atoms with Crippen LogP contribution >= 0.6 is 24.0 Å². The van der Waals surface area contributed by atoms with Gasteiger partial charge in [0.15, 0.2) is 5.96 Å². The fourth-order valence-corrected chi connectivity index (χ4v) is 2.78. The average molecular weight is 483 g/mol. The van der Waals surface area contributed by atoms with Gasteiger partial charge >= 0.3 is 6.09 Å². The van der Waals surface area contributed by atoms with Gasteiger partial charge in [-0.2, -0.15) is 0 Å². The van der Waals surface area contributed by atoms with E-state index in [0.29, 0.717) is 12.5 Å². The molecule has 1 rings (SSSR count). The number of carbonyl (C=O) groups is 1. The minimum atomic E-state index is -0.458. The zero-order valence-electron chi connectivity index (χ0n) is 17.1. The number of hydrogen-bond donors (Lipinski definition) is 3. The van der Waals surface area contributed by atoms with E-state index < -0.39 is 5.60 Å². The highest BCUT2D eigenvalue weighted by Gasteiger charge is 2.17. The maximum atomic E-state index is 11.6. The Morgan fingerprint density at radius 3 is 2.54 bits per heavy atom. The number of ether oxygens (including phenoxy) is 1. The number of carbonyl (C=O) groups excluding carboxylic acids is 1. The van der Waals surface area contributed by atoms with E-state index in [1.54, 1.807) is 0 Å². The van der Waals surface area contributed by atoms with Crippen LogP contribution in [0.1, 0.15) is 47.0 Å². The smallest absolute Gasteiger partial charge is 0.407 e. The van der Waals surface area contributed by atoms with Crippen LogP contribution < -0.4 is 16.0 Å². The summed E-state index contributed by atoms with van der Waals surface area (Å²) in [6, 6.07) is 0. The van der Waals surface area contributed by atoms with E-state index >= 15 is 0 Å². The first-order chi connectivity index (χ1) is 11.8. The van der Waals surface area contributed by atoms with Crippen molar-refractivity contribution in [2.75, 3.05) is 46.3 Å². The predicted molar refractivity (Wildman–Crippen MR) is 118 cm³/mol. The van der Waals surface area contributed by atoms with Crippen molar-refractivity contribution in [3.05, 3.63) is 0 Å². The van der Waals surface area contributed by atoms with Gasteiger partial charge in [-0.05, 0) is 66.5 Å². The maximum absolute atomic E-state index is 11.6. The molecule has 1 atom stereocenters. The fourth-order valence-electron chi connectivity index (χ4n) is 2.78. The number of nitrogens with zero attached hydrogens (tertiary/aromatic N) is 2. The largest absolute Gasteiger partial charge is 0.444 e. The molecule has 0 aromatic rings. The van der Waals surface area contributed by atoms with E-state index in [2.05, 4.69) is 34.8 Å². The quantitative estimate of drug-likeness (QED) is 0.225. The summed E-state index contributed by atoms with van der Waals surface area (Å²) in [7, 11) is 2.18. The molecule has 1 saturated heterocycles. The van der Waals surface area contributed by atoms with Gasteiger partial charge in [-0.1, -0.05) is 0 Å². The van der Waals surface area contributed by atoms with Gasteiger partial charge in [-0.15, -0.1) is 24.0 Å². The Morgan fingerprint density at radius 1 is 1.23 bits per heavy atom. The normalized spacial score (nSPS) is 18.7. The van der Waals surface area contributed by atoms with Crippen LogP contribution in [0.3, 0.4) is 0 Å². The molecule has 0 aliphatic carbocycles. The van der Waals surface area contributed by atoms with Gasteiger partial charge in [-0.25, -0.2) is 4.79 Å². The van der Waals surface area contributed by atoms with E-state index in [0.717, 1.165) is 38.6 Å². The first kappa shape index (κ1) is 25.2. The number of amides is 1. The Labute approximate surface area is 176 Å². The molecule has 0 saturated carbocycles. The minimum Gasteiger partial charge on any atom is -0.444 e. The molecular weight excluding hydrogens is 445 g/mol. The van der Waals surface area contributed by atoms with Gasteiger partial charge in [0.1, 0.15) is 5.60 Å². The number of alkyl carbamates (subject to hydrolysis) is 1. The molecule has 0 radical (unpaired) electrons. The molecule has 1 fully saturated rings. The van der Waals surface area contributed by atoms with Crippen molar-refractivity contribution >= 4 is 36.0 Å². The zero-order valence-corrected chi connectivity index (χ0v) is 19.4. The highest BCUT2D eigenvalue weighted by molar-refractivity contribution is 14.0. The third kappa shape index (κ3) is 12.6. The van der Waals surface area contributed by atoms with E-state index in [4.69, 9.17) is 9.73 Å². The zero-order chi connectivity index (χ0) is 18.7. The van der Waals surface area contributed by atoms with Crippen LogP contribution in [-0.2, 0) is 4.74 Å². The lowest BCUT2D eigenvalue weighted by Crippen LogP contribution is -2.40. The van der Waals surface area contributed by atoms with Crippen LogP contribution in [-0.4, -0.2) is 68.9 Å². The van der Waals surface area contributed by atoms with Gasteiger partial charge in [0.2, 0.25) is 0 Å². The Bertz CT molecular complexity index is 426. The van der Waals surface area contributed by atoms with Gasteiger partial charge in [0.05, 0.1) is 0 Å². The van der Waals surface area contributed by atoms with Crippen LogP contribution in [0.25, 0.3) is 0 Å². The predicted octanol–water partition coefficient (Wildman–Crippen LogP) is 2.42. The number of likely N-dealkylation sites (tertiary alicyclic amines) is 1. The standard InChI is InChI=1S/C18H37N5O2.HI/c1-6-19-16(22-13-15-9-7-12-23(5)14-15)20-10-8-11-21-17(24)25-18(2,3)4;/h15H,6-14H2,1-5H3,(H,21,24)(H2,19,20,22);1H. The molecule has 3 N–H and O–H groups in total. The third-order valence-corrected chi connectivity index (χ3v) is 3.89. The molecule has 0 aromatic carbocycles. The van der Waals surface area contributed by atoms with Crippen LogP contribution in [0, 0.1) is 5.92 Å². The number of hydrogen-bond acceptors (Lipinski definition) is 4. The number of halogens is 1. The van der Waals surface area contributed by atoms with Crippen LogP contribution in [0.4, 0.5) is 4.79 Å². The molecule has 8 heteroatoms. The summed E-state index contributed by atoms with van der Waals surface area (Å²) in [5.41, 5.74) is -0.458. The fraction of sp³-hybridized carbons (Fsp3) is 0.889. The van der Waals surface area contributed by atoms with Gasteiger partial charge < -0.3 is 25.6 Å². The molecule has 1 unspecified atom stereocenters. The highest BCUT2D eigenvalue weighted by Crippen LogP contribution is 2.14. The molecule has 7 nitrogen and oxygen atoms in total.